The smallest absolute Gasteiger partial charge is 0.147 e. The van der Waals surface area contributed by atoms with Gasteiger partial charge in [0.05, 0.1) is 5.33 Å². The van der Waals surface area contributed by atoms with E-state index in [1.807, 2.05) is 0 Å². The van der Waals surface area contributed by atoms with Crippen LogP contribution < -0.4 is 0 Å². The molecule has 1 aromatic rings. The van der Waals surface area contributed by atoms with Gasteiger partial charge < -0.3 is 0 Å². The van der Waals surface area contributed by atoms with Gasteiger partial charge in [0.15, 0.2) is 0 Å². The van der Waals surface area contributed by atoms with Crippen LogP contribution in [0, 0.1) is 0 Å². The van der Waals surface area contributed by atoms with Gasteiger partial charge in [0.1, 0.15) is 5.78 Å². The molecule has 82 valence electrons. The van der Waals surface area contributed by atoms with E-state index < -0.39 is 0 Å². The van der Waals surface area contributed by atoms with Crippen LogP contribution in [0.1, 0.15) is 23.6 Å². The molecule has 0 aromatic heterocycles. The summed E-state index contributed by atoms with van der Waals surface area (Å²) >= 11 is 6.66. The molecule has 0 spiro atoms. The average Bonchev–Trinajstić information content (AvgIpc) is 2.29. The van der Waals surface area contributed by atoms with E-state index in [0.717, 1.165) is 11.8 Å². The Labute approximate surface area is 108 Å². The molecular formula is C12H14Br2O. The second kappa shape index (κ2) is 6.44. The number of benzene rings is 1. The Morgan fingerprint density at radius 1 is 1.27 bits per heavy atom. The molecule has 1 nitrogen and oxygen atoms in total. The zero-order chi connectivity index (χ0) is 11.3. The summed E-state index contributed by atoms with van der Waals surface area (Å²) < 4.78 is 0. The molecule has 0 atom stereocenters. The summed E-state index contributed by atoms with van der Waals surface area (Å²) in [6, 6.07) is 6.23. The van der Waals surface area contributed by atoms with Crippen LogP contribution in [0.2, 0.25) is 0 Å². The SMILES string of the molecule is CCc1cccc(CBr)c1CC(=O)CBr. The number of hydrogen-bond donors (Lipinski definition) is 0. The lowest BCUT2D eigenvalue weighted by molar-refractivity contribution is -0.115. The minimum absolute atomic E-state index is 0.234. The van der Waals surface area contributed by atoms with Gasteiger partial charge >= 0.3 is 0 Å². The number of rotatable bonds is 5. The largest absolute Gasteiger partial charge is 0.298 e. The minimum atomic E-state index is 0.234. The highest BCUT2D eigenvalue weighted by molar-refractivity contribution is 9.09. The van der Waals surface area contributed by atoms with E-state index in [-0.39, 0.29) is 5.78 Å². The van der Waals surface area contributed by atoms with Crippen molar-refractivity contribution in [1.29, 1.82) is 0 Å². The Morgan fingerprint density at radius 2 is 1.93 bits per heavy atom. The van der Waals surface area contributed by atoms with Crippen molar-refractivity contribution < 1.29 is 4.79 Å². The molecule has 0 radical (unpaired) electrons. The fraction of sp³-hybridized carbons (Fsp3) is 0.417. The number of alkyl halides is 2. The summed E-state index contributed by atoms with van der Waals surface area (Å²) in [4.78, 5) is 11.5. The Bertz CT molecular complexity index is 325. The standard InChI is InChI=1S/C12H14Br2O/c1-2-9-4-3-5-10(7-13)12(9)6-11(15)8-14/h3-5H,2,6-8H2,1H3. The summed E-state index contributed by atoms with van der Waals surface area (Å²) in [5.41, 5.74) is 3.70. The molecule has 0 saturated carbocycles. The van der Waals surface area contributed by atoms with Crippen molar-refractivity contribution in [2.45, 2.75) is 25.1 Å². The molecule has 1 rings (SSSR count). The van der Waals surface area contributed by atoms with Gasteiger partial charge in [0, 0.05) is 11.8 Å². The first-order valence-corrected chi connectivity index (χ1v) is 7.20. The second-order valence-corrected chi connectivity index (χ2v) is 4.51. The van der Waals surface area contributed by atoms with Gasteiger partial charge in [-0.1, -0.05) is 57.0 Å². The number of carbonyl (C=O) groups is 1. The zero-order valence-electron chi connectivity index (χ0n) is 8.72. The lowest BCUT2D eigenvalue weighted by Gasteiger charge is -2.11. The summed E-state index contributed by atoms with van der Waals surface area (Å²) in [5.74, 6) is 0.234. The number of carbonyl (C=O) groups excluding carboxylic acids is 1. The third-order valence-electron chi connectivity index (χ3n) is 2.42. The lowest BCUT2D eigenvalue weighted by Crippen LogP contribution is -2.08. The van der Waals surface area contributed by atoms with Crippen molar-refractivity contribution in [1.82, 2.24) is 0 Å². The van der Waals surface area contributed by atoms with Gasteiger partial charge in [-0.25, -0.2) is 0 Å². The number of ketones is 1. The molecule has 0 fully saturated rings. The molecule has 0 heterocycles. The van der Waals surface area contributed by atoms with E-state index in [4.69, 9.17) is 0 Å². The van der Waals surface area contributed by atoms with Crippen LogP contribution >= 0.6 is 31.9 Å². The monoisotopic (exact) mass is 332 g/mol. The number of hydrogen-bond acceptors (Lipinski definition) is 1. The van der Waals surface area contributed by atoms with Crippen molar-refractivity contribution in [2.24, 2.45) is 0 Å². The van der Waals surface area contributed by atoms with Crippen molar-refractivity contribution in [3.05, 3.63) is 34.9 Å². The van der Waals surface area contributed by atoms with Crippen molar-refractivity contribution in [2.75, 3.05) is 5.33 Å². The highest BCUT2D eigenvalue weighted by atomic mass is 79.9. The predicted molar refractivity (Wildman–Crippen MR) is 71.0 cm³/mol. The van der Waals surface area contributed by atoms with Crippen molar-refractivity contribution in [3.8, 4) is 0 Å². The van der Waals surface area contributed by atoms with Gasteiger partial charge in [0.25, 0.3) is 0 Å². The van der Waals surface area contributed by atoms with Crippen LogP contribution in [0.15, 0.2) is 18.2 Å². The van der Waals surface area contributed by atoms with E-state index in [1.165, 1.54) is 16.7 Å². The van der Waals surface area contributed by atoms with Crippen LogP contribution in [0.25, 0.3) is 0 Å². The summed E-state index contributed by atoms with van der Waals surface area (Å²) in [7, 11) is 0. The van der Waals surface area contributed by atoms with Crippen LogP contribution in [0.4, 0.5) is 0 Å². The first-order valence-electron chi connectivity index (χ1n) is 4.96. The molecule has 0 saturated heterocycles. The average molecular weight is 334 g/mol. The van der Waals surface area contributed by atoms with Crippen molar-refractivity contribution >= 4 is 37.6 Å². The molecule has 1 aromatic carbocycles. The Kier molecular flexibility index (Phi) is 5.54. The molecule has 0 aliphatic heterocycles. The van der Waals surface area contributed by atoms with Crippen LogP contribution in [-0.2, 0) is 23.0 Å². The fourth-order valence-corrected chi connectivity index (χ4v) is 2.34. The minimum Gasteiger partial charge on any atom is -0.298 e. The van der Waals surface area contributed by atoms with Gasteiger partial charge in [0.2, 0.25) is 0 Å². The van der Waals surface area contributed by atoms with Gasteiger partial charge in [-0.05, 0) is 23.1 Å². The first-order chi connectivity index (χ1) is 7.22. The second-order valence-electron chi connectivity index (χ2n) is 3.39. The van der Waals surface area contributed by atoms with Gasteiger partial charge in [-0.2, -0.15) is 0 Å². The molecular weight excluding hydrogens is 320 g/mol. The molecule has 15 heavy (non-hydrogen) atoms. The van der Waals surface area contributed by atoms with Gasteiger partial charge in [-0.3, -0.25) is 4.79 Å². The Hall–Kier alpha value is -0.150. The molecule has 0 bridgehead atoms. The maximum Gasteiger partial charge on any atom is 0.147 e. The number of aryl methyl sites for hydroxylation is 1. The lowest BCUT2D eigenvalue weighted by atomic mass is 9.96. The van der Waals surface area contributed by atoms with E-state index in [1.54, 1.807) is 0 Å². The molecule has 0 amide bonds. The fourth-order valence-electron chi connectivity index (χ4n) is 1.62. The number of Topliss-reactive ketones (excluding diaryl/α,β-unsaturated/α-hetero) is 1. The van der Waals surface area contributed by atoms with E-state index in [9.17, 15) is 4.79 Å². The highest BCUT2D eigenvalue weighted by Crippen LogP contribution is 2.19. The summed E-state index contributed by atoms with van der Waals surface area (Å²) in [6.45, 7) is 2.12. The summed E-state index contributed by atoms with van der Waals surface area (Å²) in [6.07, 6.45) is 1.52. The van der Waals surface area contributed by atoms with Crippen LogP contribution in [0.3, 0.4) is 0 Å². The topological polar surface area (TPSA) is 17.1 Å². The Morgan fingerprint density at radius 3 is 2.47 bits per heavy atom. The van der Waals surface area contributed by atoms with E-state index in [2.05, 4.69) is 57.0 Å². The van der Waals surface area contributed by atoms with Crippen molar-refractivity contribution in [3.63, 3.8) is 0 Å². The first kappa shape index (κ1) is 12.9. The normalized spacial score (nSPS) is 10.3. The molecule has 0 aliphatic rings. The quantitative estimate of drug-likeness (QED) is 0.752. The highest BCUT2D eigenvalue weighted by Gasteiger charge is 2.10. The molecule has 3 heteroatoms. The Balaban J connectivity index is 3.05. The predicted octanol–water partition coefficient (Wildman–Crippen LogP) is 3.65. The van der Waals surface area contributed by atoms with Crippen LogP contribution in [-0.4, -0.2) is 11.1 Å². The summed E-state index contributed by atoms with van der Waals surface area (Å²) in [5, 5.41) is 1.25. The number of halogens is 2. The molecule has 0 unspecified atom stereocenters. The van der Waals surface area contributed by atoms with Crippen LogP contribution in [0.5, 0.6) is 0 Å². The maximum absolute atomic E-state index is 11.5. The molecule has 0 aliphatic carbocycles. The van der Waals surface area contributed by atoms with E-state index >= 15 is 0 Å². The molecule has 0 N–H and O–H groups in total. The van der Waals surface area contributed by atoms with Gasteiger partial charge in [-0.15, -0.1) is 0 Å². The maximum atomic E-state index is 11.5. The zero-order valence-corrected chi connectivity index (χ0v) is 11.9. The third-order valence-corrected chi connectivity index (χ3v) is 3.65. The third kappa shape index (κ3) is 3.42. The van der Waals surface area contributed by atoms with E-state index in [0.29, 0.717) is 11.8 Å².